The molecular weight excluding hydrogens is 323 g/mol. The van der Waals surface area contributed by atoms with Crippen molar-refractivity contribution in [2.24, 2.45) is 0 Å². The van der Waals surface area contributed by atoms with Crippen LogP contribution >= 0.6 is 0 Å². The van der Waals surface area contributed by atoms with Crippen LogP contribution in [0.1, 0.15) is 11.1 Å². The van der Waals surface area contributed by atoms with Crippen molar-refractivity contribution in [2.45, 2.75) is 6.42 Å². The number of rotatable bonds is 3. The first-order chi connectivity index (χ1) is 10.8. The maximum atomic E-state index is 12.9. The highest BCUT2D eigenvalue weighted by atomic mass is 32.2. The summed E-state index contributed by atoms with van der Waals surface area (Å²) in [5, 5.41) is 9.92. The predicted octanol–water partition coefficient (Wildman–Crippen LogP) is 1.30. The molecule has 0 atom stereocenters. The van der Waals surface area contributed by atoms with Gasteiger partial charge in [-0.25, -0.2) is 13.4 Å². The Kier molecular flexibility index (Phi) is 3.69. The van der Waals surface area contributed by atoms with E-state index < -0.39 is 16.1 Å². The molecule has 2 N–H and O–H groups in total. The van der Waals surface area contributed by atoms with Crippen LogP contribution in [0.25, 0.3) is 0 Å². The summed E-state index contributed by atoms with van der Waals surface area (Å²) in [6.45, 7) is -0.379. The van der Waals surface area contributed by atoms with Gasteiger partial charge in [-0.1, -0.05) is 18.2 Å². The molecule has 0 unspecified atom stereocenters. The lowest BCUT2D eigenvalue weighted by atomic mass is 10.0. The van der Waals surface area contributed by atoms with Gasteiger partial charge in [0.15, 0.2) is 0 Å². The Labute approximate surface area is 132 Å². The van der Waals surface area contributed by atoms with Gasteiger partial charge in [-0.3, -0.25) is 4.79 Å². The Hall–Kier alpha value is -2.61. The van der Waals surface area contributed by atoms with E-state index in [0.29, 0.717) is 6.42 Å². The van der Waals surface area contributed by atoms with Gasteiger partial charge in [0.25, 0.3) is 5.91 Å². The van der Waals surface area contributed by atoms with Crippen molar-refractivity contribution >= 4 is 21.8 Å². The van der Waals surface area contributed by atoms with Crippen molar-refractivity contribution in [1.29, 1.82) is 0 Å². The number of amides is 1. The monoisotopic (exact) mass is 336 g/mol. The molecule has 2 aromatic rings. The standard InChI is InChI=1S/C15H13FN2O4S/c16-12-4-1-10(2-5-12)7-11-3-6-14(19)13(8-11)18-9-15(20)17-23(18,21)22/h1-6,8,19H,7,9H2,(H,17,20). The summed E-state index contributed by atoms with van der Waals surface area (Å²) in [5.74, 6) is -1.24. The summed E-state index contributed by atoms with van der Waals surface area (Å²) in [7, 11) is -3.98. The van der Waals surface area contributed by atoms with E-state index in [1.807, 2.05) is 4.72 Å². The van der Waals surface area contributed by atoms with E-state index in [2.05, 4.69) is 0 Å². The molecule has 1 heterocycles. The minimum absolute atomic E-state index is 0.0305. The third-order valence-electron chi connectivity index (χ3n) is 3.45. The number of anilines is 1. The zero-order valence-electron chi connectivity index (χ0n) is 11.9. The SMILES string of the molecule is O=C1CN(c2cc(Cc3ccc(F)cc3)ccc2O)S(=O)(=O)N1. The van der Waals surface area contributed by atoms with E-state index in [1.165, 1.54) is 24.3 Å². The Bertz CT molecular complexity index is 866. The fraction of sp³-hybridized carbons (Fsp3) is 0.133. The molecule has 2 aromatic carbocycles. The lowest BCUT2D eigenvalue weighted by Crippen LogP contribution is -2.29. The molecule has 0 spiro atoms. The first-order valence-electron chi connectivity index (χ1n) is 6.75. The van der Waals surface area contributed by atoms with Crippen LogP contribution in [0, 0.1) is 5.82 Å². The van der Waals surface area contributed by atoms with Gasteiger partial charge in [0, 0.05) is 0 Å². The highest BCUT2D eigenvalue weighted by Gasteiger charge is 2.35. The normalized spacial score (nSPS) is 16.4. The number of benzene rings is 2. The first-order valence-corrected chi connectivity index (χ1v) is 8.19. The lowest BCUT2D eigenvalue weighted by Gasteiger charge is -2.17. The number of carbonyl (C=O) groups excluding carboxylic acids is 1. The van der Waals surface area contributed by atoms with Crippen molar-refractivity contribution in [3.8, 4) is 5.75 Å². The van der Waals surface area contributed by atoms with E-state index in [9.17, 15) is 22.7 Å². The molecule has 0 aromatic heterocycles. The Morgan fingerprint density at radius 1 is 1.13 bits per heavy atom. The van der Waals surface area contributed by atoms with E-state index in [0.717, 1.165) is 15.4 Å². The molecule has 8 heteroatoms. The van der Waals surface area contributed by atoms with Crippen molar-refractivity contribution in [3.05, 3.63) is 59.4 Å². The second-order valence-electron chi connectivity index (χ2n) is 5.16. The summed E-state index contributed by atoms with van der Waals surface area (Å²) in [4.78, 5) is 11.3. The Morgan fingerprint density at radius 2 is 1.78 bits per heavy atom. The second-order valence-corrected chi connectivity index (χ2v) is 6.76. The molecular formula is C15H13FN2O4S. The highest BCUT2D eigenvalue weighted by Crippen LogP contribution is 2.32. The molecule has 23 heavy (non-hydrogen) atoms. The van der Waals surface area contributed by atoms with Gasteiger partial charge in [-0.2, -0.15) is 8.42 Å². The number of phenolic OH excluding ortho intramolecular Hbond substituents is 1. The number of halogens is 1. The van der Waals surface area contributed by atoms with Crippen LogP contribution in [0.5, 0.6) is 5.75 Å². The average Bonchev–Trinajstić information content (AvgIpc) is 2.76. The molecule has 120 valence electrons. The fourth-order valence-electron chi connectivity index (χ4n) is 2.38. The van der Waals surface area contributed by atoms with Crippen LogP contribution in [0.15, 0.2) is 42.5 Å². The van der Waals surface area contributed by atoms with Gasteiger partial charge in [0.05, 0.1) is 5.69 Å². The number of hydrogen-bond acceptors (Lipinski definition) is 4. The summed E-state index contributed by atoms with van der Waals surface area (Å²) < 4.78 is 39.3. The van der Waals surface area contributed by atoms with E-state index in [4.69, 9.17) is 0 Å². The van der Waals surface area contributed by atoms with Gasteiger partial charge >= 0.3 is 10.2 Å². The molecule has 1 saturated heterocycles. The number of nitrogens with one attached hydrogen (secondary N) is 1. The number of hydrogen-bond donors (Lipinski definition) is 2. The number of phenols is 1. The maximum Gasteiger partial charge on any atom is 0.326 e. The second kappa shape index (κ2) is 5.54. The van der Waals surface area contributed by atoms with Crippen LogP contribution in [0.3, 0.4) is 0 Å². The van der Waals surface area contributed by atoms with Gasteiger partial charge in [-0.15, -0.1) is 0 Å². The van der Waals surface area contributed by atoms with Crippen LogP contribution in [0.4, 0.5) is 10.1 Å². The molecule has 3 rings (SSSR count). The van der Waals surface area contributed by atoms with Crippen LogP contribution in [-0.4, -0.2) is 26.0 Å². The van der Waals surface area contributed by atoms with Crippen molar-refractivity contribution in [1.82, 2.24) is 4.72 Å². The van der Waals surface area contributed by atoms with Crippen molar-refractivity contribution in [2.75, 3.05) is 10.8 Å². The van der Waals surface area contributed by atoms with Gasteiger partial charge < -0.3 is 5.11 Å². The Morgan fingerprint density at radius 3 is 2.39 bits per heavy atom. The molecule has 0 radical (unpaired) electrons. The highest BCUT2D eigenvalue weighted by molar-refractivity contribution is 7.92. The van der Waals surface area contributed by atoms with Gasteiger partial charge in [0.1, 0.15) is 18.1 Å². The smallest absolute Gasteiger partial charge is 0.326 e. The van der Waals surface area contributed by atoms with Crippen molar-refractivity contribution < 1.29 is 22.7 Å². The first kappa shape index (κ1) is 15.3. The maximum absolute atomic E-state index is 12.9. The minimum Gasteiger partial charge on any atom is -0.506 e. The summed E-state index contributed by atoms with van der Waals surface area (Å²) in [5.41, 5.74) is 1.59. The number of nitrogens with zero attached hydrogens (tertiary/aromatic N) is 1. The van der Waals surface area contributed by atoms with E-state index in [1.54, 1.807) is 18.2 Å². The van der Waals surface area contributed by atoms with Crippen molar-refractivity contribution in [3.63, 3.8) is 0 Å². The summed E-state index contributed by atoms with van der Waals surface area (Å²) in [6.07, 6.45) is 0.433. The predicted molar refractivity (Wildman–Crippen MR) is 81.7 cm³/mol. The zero-order valence-corrected chi connectivity index (χ0v) is 12.7. The van der Waals surface area contributed by atoms with E-state index >= 15 is 0 Å². The molecule has 0 saturated carbocycles. The lowest BCUT2D eigenvalue weighted by molar-refractivity contribution is -0.117. The fourth-order valence-corrected chi connectivity index (χ4v) is 3.53. The minimum atomic E-state index is -3.98. The van der Waals surface area contributed by atoms with Gasteiger partial charge in [0.2, 0.25) is 0 Å². The molecule has 1 aliphatic heterocycles. The van der Waals surface area contributed by atoms with Gasteiger partial charge in [-0.05, 0) is 41.8 Å². The number of aromatic hydroxyl groups is 1. The summed E-state index contributed by atoms with van der Waals surface area (Å²) in [6, 6.07) is 10.4. The third kappa shape index (κ3) is 3.11. The van der Waals surface area contributed by atoms with Crippen LogP contribution < -0.4 is 9.03 Å². The summed E-state index contributed by atoms with van der Waals surface area (Å²) >= 11 is 0. The third-order valence-corrected chi connectivity index (χ3v) is 4.84. The molecule has 6 nitrogen and oxygen atoms in total. The van der Waals surface area contributed by atoms with Crippen LogP contribution in [-0.2, 0) is 21.4 Å². The quantitative estimate of drug-likeness (QED) is 0.885. The molecule has 1 amide bonds. The van der Waals surface area contributed by atoms with E-state index in [-0.39, 0.29) is 23.8 Å². The molecule has 0 bridgehead atoms. The molecule has 0 aliphatic carbocycles. The average molecular weight is 336 g/mol. The topological polar surface area (TPSA) is 86.7 Å². The van der Waals surface area contributed by atoms with Crippen LogP contribution in [0.2, 0.25) is 0 Å². The Balaban J connectivity index is 1.93. The zero-order chi connectivity index (χ0) is 16.6. The largest absolute Gasteiger partial charge is 0.506 e. The number of carbonyl (C=O) groups is 1. The molecule has 1 fully saturated rings. The molecule has 1 aliphatic rings.